The molecule has 2 N–H and O–H groups in total. The minimum atomic E-state index is -0.303. The van der Waals surface area contributed by atoms with E-state index in [0.29, 0.717) is 27.8 Å². The van der Waals surface area contributed by atoms with Crippen LogP contribution < -0.4 is 15.6 Å². The molecule has 3 aromatic heterocycles. The van der Waals surface area contributed by atoms with Gasteiger partial charge in [-0.25, -0.2) is 9.97 Å². The number of methoxy groups -OCH3 is 1. The van der Waals surface area contributed by atoms with Crippen molar-refractivity contribution < 1.29 is 4.74 Å². The van der Waals surface area contributed by atoms with E-state index in [1.54, 1.807) is 29.7 Å². The van der Waals surface area contributed by atoms with E-state index in [1.165, 1.54) is 12.7 Å². The zero-order valence-electron chi connectivity index (χ0n) is 16.1. The molecule has 0 bridgehead atoms. The van der Waals surface area contributed by atoms with E-state index >= 15 is 0 Å². The first-order valence-corrected chi connectivity index (χ1v) is 10.3. The van der Waals surface area contributed by atoms with Gasteiger partial charge in [-0.3, -0.25) is 4.79 Å². The Hall–Kier alpha value is -2.90. The van der Waals surface area contributed by atoms with Gasteiger partial charge in [0.1, 0.15) is 5.75 Å². The van der Waals surface area contributed by atoms with E-state index in [0.717, 1.165) is 16.6 Å². The fourth-order valence-corrected chi connectivity index (χ4v) is 4.27. The lowest BCUT2D eigenvalue weighted by atomic mass is 10.1. The van der Waals surface area contributed by atoms with Crippen LogP contribution in [-0.2, 0) is 0 Å². The zero-order valence-corrected chi connectivity index (χ0v) is 17.7. The van der Waals surface area contributed by atoms with Gasteiger partial charge in [0.25, 0.3) is 5.56 Å². The first-order chi connectivity index (χ1) is 14.0. The lowest BCUT2D eigenvalue weighted by Gasteiger charge is -2.15. The predicted octanol–water partition coefficient (Wildman–Crippen LogP) is 5.19. The van der Waals surface area contributed by atoms with E-state index in [9.17, 15) is 4.79 Å². The number of aromatic amines is 1. The van der Waals surface area contributed by atoms with Gasteiger partial charge < -0.3 is 15.0 Å². The van der Waals surface area contributed by atoms with Crippen molar-refractivity contribution in [2.45, 2.75) is 19.9 Å². The summed E-state index contributed by atoms with van der Waals surface area (Å²) in [6, 6.07) is 6.89. The van der Waals surface area contributed by atoms with Gasteiger partial charge in [-0.2, -0.15) is 11.3 Å². The number of thiophene rings is 1. The van der Waals surface area contributed by atoms with Gasteiger partial charge in [0, 0.05) is 34.2 Å². The Morgan fingerprint density at radius 3 is 2.83 bits per heavy atom. The molecule has 1 atom stereocenters. The number of fused-ring (bicyclic) bond motifs is 1. The minimum Gasteiger partial charge on any atom is -0.495 e. The second kappa shape index (κ2) is 7.85. The topological polar surface area (TPSA) is 79.9 Å². The number of ether oxygens (including phenoxy) is 1. The Morgan fingerprint density at radius 1 is 1.28 bits per heavy atom. The highest BCUT2D eigenvalue weighted by Gasteiger charge is 2.15. The van der Waals surface area contributed by atoms with Gasteiger partial charge in [-0.15, -0.1) is 0 Å². The number of rotatable bonds is 5. The van der Waals surface area contributed by atoms with Crippen molar-refractivity contribution >= 4 is 39.8 Å². The summed E-state index contributed by atoms with van der Waals surface area (Å²) in [5, 5.41) is 8.69. The Morgan fingerprint density at radius 2 is 2.10 bits per heavy atom. The van der Waals surface area contributed by atoms with E-state index in [-0.39, 0.29) is 11.6 Å². The van der Waals surface area contributed by atoms with Crippen molar-refractivity contribution in [1.29, 1.82) is 0 Å². The first kappa shape index (κ1) is 19.4. The number of aromatic nitrogens is 3. The van der Waals surface area contributed by atoms with Crippen molar-refractivity contribution in [2.24, 2.45) is 0 Å². The quantitative estimate of drug-likeness (QED) is 0.459. The third kappa shape index (κ3) is 3.83. The van der Waals surface area contributed by atoms with Crippen molar-refractivity contribution in [3.05, 3.63) is 67.7 Å². The summed E-state index contributed by atoms with van der Waals surface area (Å²) in [7, 11) is 1.54. The highest BCUT2D eigenvalue weighted by Crippen LogP contribution is 2.30. The Balaban J connectivity index is 1.66. The monoisotopic (exact) mass is 426 g/mol. The summed E-state index contributed by atoms with van der Waals surface area (Å²) in [4.78, 5) is 24.4. The molecule has 4 rings (SSSR count). The summed E-state index contributed by atoms with van der Waals surface area (Å²) in [5.41, 5.74) is 4.15. The summed E-state index contributed by atoms with van der Waals surface area (Å²) in [6.07, 6.45) is 1.71. The van der Waals surface area contributed by atoms with Crippen LogP contribution >= 0.6 is 22.9 Å². The van der Waals surface area contributed by atoms with Gasteiger partial charge >= 0.3 is 0 Å². The van der Waals surface area contributed by atoms with Crippen LogP contribution in [0.25, 0.3) is 22.2 Å². The second-order valence-corrected chi connectivity index (χ2v) is 7.88. The van der Waals surface area contributed by atoms with Crippen LogP contribution in [0.5, 0.6) is 5.75 Å². The molecule has 0 aliphatic heterocycles. The molecule has 1 aromatic carbocycles. The van der Waals surface area contributed by atoms with Gasteiger partial charge in [0.2, 0.25) is 5.95 Å². The number of H-pyrrole nitrogens is 1. The van der Waals surface area contributed by atoms with Crippen LogP contribution in [0.2, 0.25) is 5.02 Å². The zero-order chi connectivity index (χ0) is 20.5. The highest BCUT2D eigenvalue weighted by molar-refractivity contribution is 7.08. The Kier molecular flexibility index (Phi) is 5.25. The van der Waals surface area contributed by atoms with E-state index in [4.69, 9.17) is 16.3 Å². The number of nitrogens with one attached hydrogen (secondary N) is 2. The maximum atomic E-state index is 12.6. The van der Waals surface area contributed by atoms with E-state index < -0.39 is 0 Å². The largest absolute Gasteiger partial charge is 0.495 e. The van der Waals surface area contributed by atoms with Crippen molar-refractivity contribution in [3.63, 3.8) is 0 Å². The minimum absolute atomic E-state index is 0.188. The number of hydrogen-bond donors (Lipinski definition) is 2. The second-order valence-electron chi connectivity index (χ2n) is 6.73. The first-order valence-electron chi connectivity index (χ1n) is 8.99. The van der Waals surface area contributed by atoms with Crippen LogP contribution in [-0.4, -0.2) is 22.1 Å². The molecule has 0 aliphatic rings. The molecule has 29 heavy (non-hydrogen) atoms. The molecule has 0 amide bonds. The summed E-state index contributed by atoms with van der Waals surface area (Å²) >= 11 is 7.87. The molecular weight excluding hydrogens is 408 g/mol. The van der Waals surface area contributed by atoms with Crippen LogP contribution in [0.4, 0.5) is 5.95 Å². The molecule has 0 aliphatic carbocycles. The average Bonchev–Trinajstić information content (AvgIpc) is 3.13. The number of halogens is 1. The normalized spacial score (nSPS) is 12.1. The standard InChI is InChI=1S/C21H19ClN4O2S/c1-11-9-29-10-15(11)17-4-5-23-21(26-17)24-12(2)14-6-13-7-16(22)19(28-3)8-18(13)25-20(14)27/h4-10,12H,1-3H3,(H,25,27)(H,23,24,26)/t12-/m0/s1. The molecule has 0 spiro atoms. The molecular formula is C21H19ClN4O2S. The fourth-order valence-electron chi connectivity index (χ4n) is 3.17. The average molecular weight is 427 g/mol. The summed E-state index contributed by atoms with van der Waals surface area (Å²) in [6.45, 7) is 3.95. The number of anilines is 1. The van der Waals surface area contributed by atoms with Crippen LogP contribution in [0.15, 0.2) is 46.0 Å². The molecule has 0 fully saturated rings. The number of nitrogens with zero attached hydrogens (tertiary/aromatic N) is 2. The predicted molar refractivity (Wildman–Crippen MR) is 118 cm³/mol. The number of benzene rings is 1. The van der Waals surface area contributed by atoms with Crippen LogP contribution in [0.1, 0.15) is 24.1 Å². The Labute approximate surface area is 176 Å². The molecule has 0 radical (unpaired) electrons. The molecule has 3 heterocycles. The van der Waals surface area contributed by atoms with Gasteiger partial charge in [0.15, 0.2) is 0 Å². The number of hydrogen-bond acceptors (Lipinski definition) is 6. The molecule has 0 saturated carbocycles. The van der Waals surface area contributed by atoms with Crippen molar-refractivity contribution in [3.8, 4) is 17.0 Å². The third-order valence-electron chi connectivity index (χ3n) is 4.74. The molecule has 0 saturated heterocycles. The molecule has 148 valence electrons. The summed E-state index contributed by atoms with van der Waals surface area (Å²) < 4.78 is 5.22. The van der Waals surface area contributed by atoms with Gasteiger partial charge in [-0.1, -0.05) is 11.6 Å². The van der Waals surface area contributed by atoms with Gasteiger partial charge in [-0.05, 0) is 43.0 Å². The smallest absolute Gasteiger partial charge is 0.253 e. The lowest BCUT2D eigenvalue weighted by molar-refractivity contribution is 0.415. The third-order valence-corrected chi connectivity index (χ3v) is 5.90. The number of aryl methyl sites for hydroxylation is 1. The van der Waals surface area contributed by atoms with Crippen LogP contribution in [0, 0.1) is 6.92 Å². The molecule has 8 heteroatoms. The molecule has 6 nitrogen and oxygen atoms in total. The van der Waals surface area contributed by atoms with E-state index in [1.807, 2.05) is 19.1 Å². The number of pyridine rings is 1. The van der Waals surface area contributed by atoms with Crippen molar-refractivity contribution in [2.75, 3.05) is 12.4 Å². The highest BCUT2D eigenvalue weighted by atomic mass is 35.5. The van der Waals surface area contributed by atoms with Gasteiger partial charge in [0.05, 0.1) is 29.4 Å². The SMILES string of the molecule is COc1cc2[nH]c(=O)c([C@H](C)Nc3nccc(-c4cscc4C)n3)cc2cc1Cl. The molecule has 4 aromatic rings. The molecule has 0 unspecified atom stereocenters. The maximum Gasteiger partial charge on any atom is 0.253 e. The van der Waals surface area contributed by atoms with Crippen molar-refractivity contribution in [1.82, 2.24) is 15.0 Å². The van der Waals surface area contributed by atoms with Crippen LogP contribution in [0.3, 0.4) is 0 Å². The fraction of sp³-hybridized carbons (Fsp3) is 0.190. The van der Waals surface area contributed by atoms with E-state index in [2.05, 4.69) is 38.0 Å². The summed E-state index contributed by atoms with van der Waals surface area (Å²) in [5.74, 6) is 0.982. The lowest BCUT2D eigenvalue weighted by Crippen LogP contribution is -2.20. The Bertz CT molecular complexity index is 1250. The maximum absolute atomic E-state index is 12.6.